The Kier molecular flexibility index (Phi) is 3.87. The third-order valence-electron chi connectivity index (χ3n) is 3.47. The number of ether oxygens (including phenoxy) is 1. The van der Waals surface area contributed by atoms with Gasteiger partial charge in [-0.25, -0.2) is 9.59 Å². The quantitative estimate of drug-likeness (QED) is 0.698. The molecule has 0 aliphatic carbocycles. The van der Waals surface area contributed by atoms with Gasteiger partial charge < -0.3 is 15.0 Å². The number of urea groups is 1. The third-order valence-corrected chi connectivity index (χ3v) is 3.47. The van der Waals surface area contributed by atoms with E-state index in [0.29, 0.717) is 25.9 Å². The number of hydrogen-bond donors (Lipinski definition) is 2. The minimum absolute atomic E-state index is 0.0696. The Morgan fingerprint density at radius 1 is 1.25 bits per heavy atom. The van der Waals surface area contributed by atoms with Gasteiger partial charge in [-0.05, 0) is 39.5 Å². The topological polar surface area (TPSA) is 87.7 Å². The molecule has 0 spiro atoms. The highest BCUT2D eigenvalue weighted by molar-refractivity contribution is 6.04. The Hall–Kier alpha value is -1.79. The molecule has 20 heavy (non-hydrogen) atoms. The van der Waals surface area contributed by atoms with Gasteiger partial charge in [-0.3, -0.25) is 10.1 Å². The fourth-order valence-corrected chi connectivity index (χ4v) is 2.51. The van der Waals surface area contributed by atoms with E-state index in [4.69, 9.17) is 4.74 Å². The first kappa shape index (κ1) is 14.6. The van der Waals surface area contributed by atoms with Crippen LogP contribution in [-0.2, 0) is 9.53 Å². The van der Waals surface area contributed by atoms with Crippen LogP contribution < -0.4 is 10.6 Å². The lowest BCUT2D eigenvalue weighted by atomic mass is 9.89. The van der Waals surface area contributed by atoms with E-state index in [1.807, 2.05) is 20.8 Å². The van der Waals surface area contributed by atoms with Crippen molar-refractivity contribution in [2.45, 2.75) is 45.3 Å². The first-order valence-electron chi connectivity index (χ1n) is 6.85. The Labute approximate surface area is 118 Å². The summed E-state index contributed by atoms with van der Waals surface area (Å²) >= 11 is 0. The zero-order chi connectivity index (χ0) is 14.9. The van der Waals surface area contributed by atoms with Crippen molar-refractivity contribution < 1.29 is 19.1 Å². The zero-order valence-corrected chi connectivity index (χ0v) is 12.1. The molecule has 0 aromatic carbocycles. The molecule has 7 nitrogen and oxygen atoms in total. The van der Waals surface area contributed by atoms with Crippen molar-refractivity contribution in [1.82, 2.24) is 15.5 Å². The number of amides is 4. The molecule has 0 aromatic rings. The summed E-state index contributed by atoms with van der Waals surface area (Å²) in [5.41, 5.74) is -0.507. The maximum absolute atomic E-state index is 11.9. The smallest absolute Gasteiger partial charge is 0.410 e. The highest BCUT2D eigenvalue weighted by Crippen LogP contribution is 2.23. The summed E-state index contributed by atoms with van der Waals surface area (Å²) in [6.45, 7) is 6.57. The average molecular weight is 283 g/mol. The standard InChI is InChI=1S/C13H21N3O4/c1-13(2,3)20-12(19)16-6-4-8(5-7-16)9-10(17)15-11(18)14-9/h8-9H,4-7H2,1-3H3,(H2,14,15,17,18)/t9-/m1/s1. The van der Waals surface area contributed by atoms with Crippen LogP contribution in [-0.4, -0.2) is 47.7 Å². The number of rotatable bonds is 1. The van der Waals surface area contributed by atoms with Crippen molar-refractivity contribution in [2.75, 3.05) is 13.1 Å². The number of piperidine rings is 1. The van der Waals surface area contributed by atoms with E-state index < -0.39 is 17.7 Å². The van der Waals surface area contributed by atoms with Crippen LogP contribution in [0.25, 0.3) is 0 Å². The number of nitrogens with zero attached hydrogens (tertiary/aromatic N) is 1. The predicted octanol–water partition coefficient (Wildman–Crippen LogP) is 0.841. The minimum Gasteiger partial charge on any atom is -0.444 e. The van der Waals surface area contributed by atoms with Gasteiger partial charge in [0.2, 0.25) is 0 Å². The van der Waals surface area contributed by atoms with E-state index in [9.17, 15) is 14.4 Å². The lowest BCUT2D eigenvalue weighted by molar-refractivity contribution is -0.121. The van der Waals surface area contributed by atoms with Crippen LogP contribution in [0.3, 0.4) is 0 Å². The van der Waals surface area contributed by atoms with Crippen molar-refractivity contribution in [3.05, 3.63) is 0 Å². The molecule has 2 aliphatic heterocycles. The predicted molar refractivity (Wildman–Crippen MR) is 71.0 cm³/mol. The molecule has 2 rings (SSSR count). The lowest BCUT2D eigenvalue weighted by Gasteiger charge is -2.34. The van der Waals surface area contributed by atoms with Crippen molar-refractivity contribution in [3.63, 3.8) is 0 Å². The maximum Gasteiger partial charge on any atom is 0.410 e. The summed E-state index contributed by atoms with van der Waals surface area (Å²) in [6, 6.07) is -0.905. The molecule has 0 bridgehead atoms. The van der Waals surface area contributed by atoms with Gasteiger partial charge in [-0.1, -0.05) is 0 Å². The Bertz CT molecular complexity index is 422. The number of nitrogens with one attached hydrogen (secondary N) is 2. The molecule has 7 heteroatoms. The second-order valence-corrected chi connectivity index (χ2v) is 6.25. The van der Waals surface area contributed by atoms with Gasteiger partial charge in [-0.15, -0.1) is 0 Å². The molecule has 0 aromatic heterocycles. The number of likely N-dealkylation sites (tertiary alicyclic amines) is 1. The molecule has 2 saturated heterocycles. The molecule has 4 amide bonds. The van der Waals surface area contributed by atoms with E-state index in [1.54, 1.807) is 4.90 Å². The number of imide groups is 1. The first-order chi connectivity index (χ1) is 9.26. The second-order valence-electron chi connectivity index (χ2n) is 6.25. The second kappa shape index (κ2) is 5.30. The SMILES string of the molecule is CC(C)(C)OC(=O)N1CCC([C@H]2NC(=O)NC2=O)CC1. The largest absolute Gasteiger partial charge is 0.444 e. The molecule has 2 fully saturated rings. The molecule has 2 N–H and O–H groups in total. The number of carbonyl (C=O) groups is 3. The molecular formula is C13H21N3O4. The van der Waals surface area contributed by atoms with Crippen LogP contribution in [0.5, 0.6) is 0 Å². The molecule has 112 valence electrons. The van der Waals surface area contributed by atoms with E-state index in [1.165, 1.54) is 0 Å². The maximum atomic E-state index is 11.9. The highest BCUT2D eigenvalue weighted by atomic mass is 16.6. The third kappa shape index (κ3) is 3.40. The molecule has 0 saturated carbocycles. The molecule has 0 unspecified atom stereocenters. The van der Waals surface area contributed by atoms with Crippen molar-refractivity contribution in [2.24, 2.45) is 5.92 Å². The molecule has 2 heterocycles. The summed E-state index contributed by atoms with van der Waals surface area (Å²) in [7, 11) is 0. The molecule has 2 aliphatic rings. The van der Waals surface area contributed by atoms with Gasteiger partial charge in [-0.2, -0.15) is 0 Å². The average Bonchev–Trinajstić information content (AvgIpc) is 2.66. The van der Waals surface area contributed by atoms with Crippen LogP contribution in [0.4, 0.5) is 9.59 Å². The Balaban J connectivity index is 1.85. The van der Waals surface area contributed by atoms with Crippen LogP contribution in [0, 0.1) is 5.92 Å². The Morgan fingerprint density at radius 3 is 2.30 bits per heavy atom. The molecule has 0 radical (unpaired) electrons. The van der Waals surface area contributed by atoms with Crippen LogP contribution in [0.2, 0.25) is 0 Å². The van der Waals surface area contributed by atoms with Crippen LogP contribution in [0.1, 0.15) is 33.6 Å². The first-order valence-corrected chi connectivity index (χ1v) is 6.85. The van der Waals surface area contributed by atoms with E-state index >= 15 is 0 Å². The Morgan fingerprint density at radius 2 is 1.85 bits per heavy atom. The number of hydrogen-bond acceptors (Lipinski definition) is 4. The van der Waals surface area contributed by atoms with Gasteiger partial charge >= 0.3 is 12.1 Å². The lowest BCUT2D eigenvalue weighted by Crippen LogP contribution is -2.47. The van der Waals surface area contributed by atoms with Crippen LogP contribution in [0.15, 0.2) is 0 Å². The summed E-state index contributed by atoms with van der Waals surface area (Å²) in [5.74, 6) is -0.203. The summed E-state index contributed by atoms with van der Waals surface area (Å²) in [4.78, 5) is 36.3. The summed E-state index contributed by atoms with van der Waals surface area (Å²) in [5, 5.41) is 4.86. The summed E-state index contributed by atoms with van der Waals surface area (Å²) < 4.78 is 5.31. The fraction of sp³-hybridized carbons (Fsp3) is 0.769. The van der Waals surface area contributed by atoms with Gasteiger partial charge in [0, 0.05) is 13.1 Å². The molecule has 1 atom stereocenters. The van der Waals surface area contributed by atoms with Gasteiger partial charge in [0.15, 0.2) is 0 Å². The van der Waals surface area contributed by atoms with E-state index in [-0.39, 0.29) is 17.9 Å². The van der Waals surface area contributed by atoms with Crippen molar-refractivity contribution in [1.29, 1.82) is 0 Å². The van der Waals surface area contributed by atoms with Gasteiger partial charge in [0.1, 0.15) is 11.6 Å². The monoisotopic (exact) mass is 283 g/mol. The number of carbonyl (C=O) groups excluding carboxylic acids is 3. The molecular weight excluding hydrogens is 262 g/mol. The van der Waals surface area contributed by atoms with Gasteiger partial charge in [0.05, 0.1) is 0 Å². The normalized spacial score (nSPS) is 24.4. The van der Waals surface area contributed by atoms with E-state index in [0.717, 1.165) is 0 Å². The summed E-state index contributed by atoms with van der Waals surface area (Å²) in [6.07, 6.45) is 1.03. The van der Waals surface area contributed by atoms with Crippen LogP contribution >= 0.6 is 0 Å². The van der Waals surface area contributed by atoms with Gasteiger partial charge in [0.25, 0.3) is 5.91 Å². The van der Waals surface area contributed by atoms with E-state index in [2.05, 4.69) is 10.6 Å². The zero-order valence-electron chi connectivity index (χ0n) is 12.1. The fourth-order valence-electron chi connectivity index (χ4n) is 2.51. The highest BCUT2D eigenvalue weighted by Gasteiger charge is 2.38. The van der Waals surface area contributed by atoms with Crippen molar-refractivity contribution >= 4 is 18.0 Å². The van der Waals surface area contributed by atoms with Crippen molar-refractivity contribution in [3.8, 4) is 0 Å². The minimum atomic E-state index is -0.507.